The lowest BCUT2D eigenvalue weighted by atomic mass is 10.2. The summed E-state index contributed by atoms with van der Waals surface area (Å²) in [4.78, 5) is 18.9. The number of methoxy groups -OCH3 is 1. The number of carbonyl (C=O) groups is 1. The SMILES string of the molecule is COc1ccc(S(=O)(=O)C[C@H]2CCN(C)C2)cc1C(=O)Nc1ccc(F)c(C)n1. The average Bonchev–Trinajstić information content (AvgIpc) is 3.08. The Morgan fingerprint density at radius 2 is 2.10 bits per heavy atom. The third-order valence-electron chi connectivity index (χ3n) is 4.98. The van der Waals surface area contributed by atoms with Crippen molar-refractivity contribution in [2.24, 2.45) is 5.92 Å². The summed E-state index contributed by atoms with van der Waals surface area (Å²) >= 11 is 0. The van der Waals surface area contributed by atoms with Crippen LogP contribution in [0.25, 0.3) is 0 Å². The van der Waals surface area contributed by atoms with Gasteiger partial charge >= 0.3 is 0 Å². The van der Waals surface area contributed by atoms with E-state index in [-0.39, 0.29) is 39.4 Å². The lowest BCUT2D eigenvalue weighted by molar-refractivity contribution is 0.102. The van der Waals surface area contributed by atoms with Crippen molar-refractivity contribution in [3.8, 4) is 5.75 Å². The van der Waals surface area contributed by atoms with Gasteiger partial charge in [-0.05, 0) is 63.2 Å². The number of aromatic nitrogens is 1. The summed E-state index contributed by atoms with van der Waals surface area (Å²) in [7, 11) is -0.197. The molecule has 1 aromatic heterocycles. The second-order valence-corrected chi connectivity index (χ2v) is 9.31. The zero-order chi connectivity index (χ0) is 21.2. The highest BCUT2D eigenvalue weighted by Crippen LogP contribution is 2.26. The van der Waals surface area contributed by atoms with Gasteiger partial charge in [-0.3, -0.25) is 4.79 Å². The molecule has 0 radical (unpaired) electrons. The van der Waals surface area contributed by atoms with Gasteiger partial charge in [0.15, 0.2) is 9.84 Å². The quantitative estimate of drug-likeness (QED) is 0.771. The van der Waals surface area contributed by atoms with Gasteiger partial charge < -0.3 is 15.0 Å². The van der Waals surface area contributed by atoms with E-state index in [4.69, 9.17) is 4.74 Å². The number of nitrogens with zero attached hydrogens (tertiary/aromatic N) is 2. The zero-order valence-electron chi connectivity index (χ0n) is 16.6. The monoisotopic (exact) mass is 421 g/mol. The number of nitrogens with one attached hydrogen (secondary N) is 1. The van der Waals surface area contributed by atoms with Crippen LogP contribution >= 0.6 is 0 Å². The van der Waals surface area contributed by atoms with Gasteiger partial charge in [0.05, 0.1) is 29.0 Å². The van der Waals surface area contributed by atoms with E-state index in [1.807, 2.05) is 7.05 Å². The maximum atomic E-state index is 13.4. The molecule has 2 aromatic rings. The Labute approximate surface area is 169 Å². The molecule has 0 unspecified atom stereocenters. The lowest BCUT2D eigenvalue weighted by Gasteiger charge is -2.14. The molecule has 1 aromatic carbocycles. The van der Waals surface area contributed by atoms with E-state index in [9.17, 15) is 17.6 Å². The minimum absolute atomic E-state index is 0.0312. The van der Waals surface area contributed by atoms with Gasteiger partial charge in [-0.1, -0.05) is 0 Å². The molecule has 29 heavy (non-hydrogen) atoms. The zero-order valence-corrected chi connectivity index (χ0v) is 17.4. The fourth-order valence-electron chi connectivity index (χ4n) is 3.42. The molecule has 0 saturated carbocycles. The van der Waals surface area contributed by atoms with E-state index < -0.39 is 21.6 Å². The van der Waals surface area contributed by atoms with Crippen molar-refractivity contribution in [2.75, 3.05) is 38.3 Å². The smallest absolute Gasteiger partial charge is 0.260 e. The number of halogens is 1. The Morgan fingerprint density at radius 3 is 2.72 bits per heavy atom. The van der Waals surface area contributed by atoms with E-state index in [2.05, 4.69) is 15.2 Å². The second-order valence-electron chi connectivity index (χ2n) is 7.28. The third-order valence-corrected chi connectivity index (χ3v) is 6.86. The summed E-state index contributed by atoms with van der Waals surface area (Å²) in [6, 6.07) is 6.77. The topological polar surface area (TPSA) is 88.6 Å². The second kappa shape index (κ2) is 8.46. The van der Waals surface area contributed by atoms with Gasteiger partial charge in [0, 0.05) is 6.54 Å². The number of pyridine rings is 1. The predicted octanol–water partition coefficient (Wildman–Crippen LogP) is 2.52. The highest BCUT2D eigenvalue weighted by atomic mass is 32.2. The molecule has 1 aliphatic rings. The highest BCUT2D eigenvalue weighted by Gasteiger charge is 2.27. The predicted molar refractivity (Wildman–Crippen MR) is 108 cm³/mol. The number of anilines is 1. The number of rotatable bonds is 6. The number of likely N-dealkylation sites (tertiary alicyclic amines) is 1. The number of carbonyl (C=O) groups excluding carboxylic acids is 1. The van der Waals surface area contributed by atoms with Crippen LogP contribution < -0.4 is 10.1 Å². The number of aryl methyl sites for hydroxylation is 1. The van der Waals surface area contributed by atoms with Gasteiger partial charge in [-0.15, -0.1) is 0 Å². The van der Waals surface area contributed by atoms with Crippen LogP contribution in [0.15, 0.2) is 35.2 Å². The van der Waals surface area contributed by atoms with E-state index in [0.29, 0.717) is 0 Å². The van der Waals surface area contributed by atoms with E-state index in [1.165, 1.54) is 44.4 Å². The standard InChI is InChI=1S/C20H24FN3O4S/c1-13-17(21)5-7-19(22-13)23-20(25)16-10-15(4-6-18(16)28-3)29(26,27)12-14-8-9-24(2)11-14/h4-7,10,14H,8-9,11-12H2,1-3H3,(H,22,23,25)/t14-/m0/s1. The molecule has 1 fully saturated rings. The van der Waals surface area contributed by atoms with Crippen LogP contribution in [0, 0.1) is 18.7 Å². The van der Waals surface area contributed by atoms with Crippen LogP contribution in [0.4, 0.5) is 10.2 Å². The Bertz CT molecular complexity index is 1030. The molecule has 9 heteroatoms. The molecular weight excluding hydrogens is 397 g/mol. The number of sulfone groups is 1. The van der Waals surface area contributed by atoms with Gasteiger partial charge in [0.2, 0.25) is 0 Å². The Hall–Kier alpha value is -2.52. The van der Waals surface area contributed by atoms with Crippen LogP contribution in [-0.2, 0) is 9.84 Å². The van der Waals surface area contributed by atoms with Gasteiger partial charge in [0.1, 0.15) is 17.4 Å². The van der Waals surface area contributed by atoms with Crippen LogP contribution in [0.1, 0.15) is 22.5 Å². The summed E-state index contributed by atoms with van der Waals surface area (Å²) in [6.45, 7) is 3.10. The van der Waals surface area contributed by atoms with Crippen molar-refractivity contribution in [2.45, 2.75) is 18.2 Å². The van der Waals surface area contributed by atoms with Crippen LogP contribution in [-0.4, -0.2) is 57.2 Å². The summed E-state index contributed by atoms with van der Waals surface area (Å²) in [5.74, 6) is -0.567. The molecule has 7 nitrogen and oxygen atoms in total. The summed E-state index contributed by atoms with van der Waals surface area (Å²) < 4.78 is 44.3. The fraction of sp³-hybridized carbons (Fsp3) is 0.400. The fourth-order valence-corrected chi connectivity index (χ4v) is 5.08. The van der Waals surface area contributed by atoms with Crippen molar-refractivity contribution in [1.29, 1.82) is 0 Å². The highest BCUT2D eigenvalue weighted by molar-refractivity contribution is 7.91. The first-order valence-corrected chi connectivity index (χ1v) is 10.9. The molecule has 1 amide bonds. The van der Waals surface area contributed by atoms with E-state index in [1.54, 1.807) is 0 Å². The van der Waals surface area contributed by atoms with Gasteiger partial charge in [-0.25, -0.2) is 17.8 Å². The number of hydrogen-bond donors (Lipinski definition) is 1. The van der Waals surface area contributed by atoms with Crippen molar-refractivity contribution >= 4 is 21.6 Å². The lowest BCUT2D eigenvalue weighted by Crippen LogP contribution is -2.21. The molecule has 1 saturated heterocycles. The van der Waals surface area contributed by atoms with Gasteiger partial charge in [0.25, 0.3) is 5.91 Å². The number of hydrogen-bond acceptors (Lipinski definition) is 6. The number of amides is 1. The molecule has 1 N–H and O–H groups in total. The van der Waals surface area contributed by atoms with Crippen LogP contribution in [0.5, 0.6) is 5.75 Å². The maximum absolute atomic E-state index is 13.4. The molecule has 1 aliphatic heterocycles. The Balaban J connectivity index is 1.86. The van der Waals surface area contributed by atoms with Crippen LogP contribution in [0.3, 0.4) is 0 Å². The number of benzene rings is 1. The van der Waals surface area contributed by atoms with Crippen LogP contribution in [0.2, 0.25) is 0 Å². The Kier molecular flexibility index (Phi) is 6.18. The first kappa shape index (κ1) is 21.2. The normalized spacial score (nSPS) is 17.3. The first-order chi connectivity index (χ1) is 13.7. The van der Waals surface area contributed by atoms with Crippen molar-refractivity contribution in [3.63, 3.8) is 0 Å². The molecule has 156 valence electrons. The summed E-state index contributed by atoms with van der Waals surface area (Å²) in [6.07, 6.45) is 0.828. The largest absolute Gasteiger partial charge is 0.496 e. The van der Waals surface area contributed by atoms with Crippen molar-refractivity contribution in [1.82, 2.24) is 9.88 Å². The third kappa shape index (κ3) is 4.91. The average molecular weight is 421 g/mol. The van der Waals surface area contributed by atoms with E-state index >= 15 is 0 Å². The molecule has 0 aliphatic carbocycles. The minimum atomic E-state index is -3.56. The summed E-state index contributed by atoms with van der Waals surface area (Å²) in [5, 5.41) is 2.56. The molecular formula is C20H24FN3O4S. The summed E-state index contributed by atoms with van der Waals surface area (Å²) in [5.41, 5.74) is 0.216. The molecule has 0 bridgehead atoms. The number of ether oxygens (including phenoxy) is 1. The molecule has 3 rings (SSSR count). The Morgan fingerprint density at radius 1 is 1.34 bits per heavy atom. The maximum Gasteiger partial charge on any atom is 0.260 e. The molecule has 0 spiro atoms. The minimum Gasteiger partial charge on any atom is -0.496 e. The molecule has 1 atom stereocenters. The first-order valence-electron chi connectivity index (χ1n) is 9.23. The van der Waals surface area contributed by atoms with Crippen molar-refractivity contribution < 1.29 is 22.3 Å². The van der Waals surface area contributed by atoms with Gasteiger partial charge in [-0.2, -0.15) is 0 Å². The van der Waals surface area contributed by atoms with Crippen molar-refractivity contribution in [3.05, 3.63) is 47.4 Å². The molecule has 2 heterocycles. The van der Waals surface area contributed by atoms with E-state index in [0.717, 1.165) is 19.5 Å².